The summed E-state index contributed by atoms with van der Waals surface area (Å²) in [5.41, 5.74) is 4.47. The SMILES string of the molecule is O=C1c2[nH]nc(-c3ccccc3)c2C(c2ccc(Br)cc2)N1CC1CCCO1. The molecule has 5 nitrogen and oxygen atoms in total. The monoisotopic (exact) mass is 437 g/mol. The zero-order chi connectivity index (χ0) is 19.1. The van der Waals surface area contributed by atoms with E-state index in [9.17, 15) is 4.79 Å². The molecule has 0 bridgehead atoms. The van der Waals surface area contributed by atoms with E-state index >= 15 is 0 Å². The highest BCUT2D eigenvalue weighted by atomic mass is 79.9. The van der Waals surface area contributed by atoms with Gasteiger partial charge in [-0.3, -0.25) is 9.89 Å². The number of fused-ring (bicyclic) bond motifs is 1. The standard InChI is InChI=1S/C22H20BrN3O2/c23-16-10-8-15(9-11-16)21-18-19(14-5-2-1-3-6-14)24-25-20(18)22(27)26(21)13-17-7-4-12-28-17/h1-3,5-6,8-11,17,21H,4,7,12-13H2,(H,24,25). The predicted octanol–water partition coefficient (Wildman–Crippen LogP) is 4.56. The summed E-state index contributed by atoms with van der Waals surface area (Å²) in [5, 5.41) is 7.51. The minimum Gasteiger partial charge on any atom is -0.376 e. The summed E-state index contributed by atoms with van der Waals surface area (Å²) in [6.07, 6.45) is 2.14. The first-order valence-corrected chi connectivity index (χ1v) is 10.3. The van der Waals surface area contributed by atoms with Crippen LogP contribution >= 0.6 is 15.9 Å². The Kier molecular flexibility index (Phi) is 4.53. The first-order valence-electron chi connectivity index (χ1n) is 9.54. The van der Waals surface area contributed by atoms with Gasteiger partial charge in [0, 0.05) is 28.8 Å². The van der Waals surface area contributed by atoms with E-state index < -0.39 is 0 Å². The van der Waals surface area contributed by atoms with Crippen molar-refractivity contribution in [1.29, 1.82) is 0 Å². The molecular formula is C22H20BrN3O2. The van der Waals surface area contributed by atoms with Crippen molar-refractivity contribution >= 4 is 21.8 Å². The Labute approximate surface area is 171 Å². The van der Waals surface area contributed by atoms with Crippen LogP contribution < -0.4 is 0 Å². The number of hydrogen-bond acceptors (Lipinski definition) is 3. The number of nitrogens with one attached hydrogen (secondary N) is 1. The van der Waals surface area contributed by atoms with Crippen LogP contribution in [0.1, 0.15) is 40.5 Å². The lowest BCUT2D eigenvalue weighted by Crippen LogP contribution is -2.36. The summed E-state index contributed by atoms with van der Waals surface area (Å²) in [7, 11) is 0. The maximum atomic E-state index is 13.3. The van der Waals surface area contributed by atoms with Crippen LogP contribution in [0.2, 0.25) is 0 Å². The third-order valence-corrected chi connectivity index (χ3v) is 6.05. The number of amides is 1. The lowest BCUT2D eigenvalue weighted by Gasteiger charge is -2.28. The Morgan fingerprint density at radius 1 is 1.14 bits per heavy atom. The number of aromatic amines is 1. The highest BCUT2D eigenvalue weighted by Crippen LogP contribution is 2.43. The number of benzene rings is 2. The first kappa shape index (κ1) is 17.6. The van der Waals surface area contributed by atoms with E-state index in [2.05, 4.69) is 38.3 Å². The molecule has 2 aromatic carbocycles. The lowest BCUT2D eigenvalue weighted by molar-refractivity contribution is 0.0495. The highest BCUT2D eigenvalue weighted by Gasteiger charge is 2.43. The molecule has 2 atom stereocenters. The van der Waals surface area contributed by atoms with Gasteiger partial charge in [-0.05, 0) is 30.5 Å². The smallest absolute Gasteiger partial charge is 0.273 e. The molecular weight excluding hydrogens is 418 g/mol. The van der Waals surface area contributed by atoms with Crippen molar-refractivity contribution in [1.82, 2.24) is 15.1 Å². The fourth-order valence-electron chi connectivity index (χ4n) is 4.20. The summed E-state index contributed by atoms with van der Waals surface area (Å²) >= 11 is 3.51. The normalized spacial score (nSPS) is 21.3. The molecule has 0 radical (unpaired) electrons. The number of nitrogens with zero attached hydrogens (tertiary/aromatic N) is 2. The topological polar surface area (TPSA) is 58.2 Å². The molecule has 1 amide bonds. The molecule has 142 valence electrons. The number of carbonyl (C=O) groups is 1. The Hall–Kier alpha value is -2.44. The van der Waals surface area contributed by atoms with E-state index in [1.54, 1.807) is 0 Å². The maximum Gasteiger partial charge on any atom is 0.273 e. The molecule has 2 aliphatic heterocycles. The third kappa shape index (κ3) is 2.97. The summed E-state index contributed by atoms with van der Waals surface area (Å²) in [6, 6.07) is 18.0. The number of halogens is 1. The number of aromatic nitrogens is 2. The van der Waals surface area contributed by atoms with E-state index in [4.69, 9.17) is 4.74 Å². The van der Waals surface area contributed by atoms with Crippen molar-refractivity contribution in [2.75, 3.05) is 13.2 Å². The molecule has 28 heavy (non-hydrogen) atoms. The van der Waals surface area contributed by atoms with Crippen LogP contribution in [0.25, 0.3) is 11.3 Å². The van der Waals surface area contributed by atoms with E-state index in [1.807, 2.05) is 47.4 Å². The van der Waals surface area contributed by atoms with Gasteiger partial charge in [-0.2, -0.15) is 5.10 Å². The summed E-state index contributed by atoms with van der Waals surface area (Å²) in [5.74, 6) is -0.00639. The Balaban J connectivity index is 1.62. The number of rotatable bonds is 4. The molecule has 0 spiro atoms. The summed E-state index contributed by atoms with van der Waals surface area (Å²) in [4.78, 5) is 15.2. The summed E-state index contributed by atoms with van der Waals surface area (Å²) in [6.45, 7) is 1.37. The second-order valence-electron chi connectivity index (χ2n) is 7.27. The number of H-pyrrole nitrogens is 1. The van der Waals surface area contributed by atoms with Gasteiger partial charge in [-0.15, -0.1) is 0 Å². The van der Waals surface area contributed by atoms with Crippen molar-refractivity contribution in [3.8, 4) is 11.3 Å². The van der Waals surface area contributed by atoms with Gasteiger partial charge in [0.1, 0.15) is 5.69 Å². The van der Waals surface area contributed by atoms with Gasteiger partial charge in [0.2, 0.25) is 0 Å². The van der Waals surface area contributed by atoms with Gasteiger partial charge in [0.05, 0.1) is 17.8 Å². The van der Waals surface area contributed by atoms with Crippen molar-refractivity contribution in [2.45, 2.75) is 25.0 Å². The van der Waals surface area contributed by atoms with Gasteiger partial charge in [0.25, 0.3) is 5.91 Å². The molecule has 1 fully saturated rings. The molecule has 2 aliphatic rings. The molecule has 1 saturated heterocycles. The number of carbonyl (C=O) groups excluding carboxylic acids is 1. The average Bonchev–Trinajstić information content (AvgIpc) is 3.44. The fraction of sp³-hybridized carbons (Fsp3) is 0.273. The van der Waals surface area contributed by atoms with Gasteiger partial charge >= 0.3 is 0 Å². The van der Waals surface area contributed by atoms with Crippen LogP contribution in [0.3, 0.4) is 0 Å². The minimum absolute atomic E-state index is 0.00639. The Morgan fingerprint density at radius 3 is 2.64 bits per heavy atom. The van der Waals surface area contributed by atoms with Crippen LogP contribution in [0.4, 0.5) is 0 Å². The fourth-order valence-corrected chi connectivity index (χ4v) is 4.46. The van der Waals surface area contributed by atoms with E-state index in [-0.39, 0.29) is 18.1 Å². The van der Waals surface area contributed by atoms with Gasteiger partial charge in [-0.25, -0.2) is 0 Å². The van der Waals surface area contributed by atoms with Crippen LogP contribution in [0.15, 0.2) is 59.1 Å². The zero-order valence-electron chi connectivity index (χ0n) is 15.3. The van der Waals surface area contributed by atoms with Crippen molar-refractivity contribution in [2.24, 2.45) is 0 Å². The molecule has 0 aliphatic carbocycles. The molecule has 6 heteroatoms. The average molecular weight is 438 g/mol. The largest absolute Gasteiger partial charge is 0.376 e. The van der Waals surface area contributed by atoms with Crippen molar-refractivity contribution in [3.63, 3.8) is 0 Å². The predicted molar refractivity (Wildman–Crippen MR) is 110 cm³/mol. The first-order chi connectivity index (χ1) is 13.7. The molecule has 3 aromatic rings. The summed E-state index contributed by atoms with van der Waals surface area (Å²) < 4.78 is 6.85. The van der Waals surface area contributed by atoms with Crippen LogP contribution in [0, 0.1) is 0 Å². The van der Waals surface area contributed by atoms with Crippen LogP contribution in [0.5, 0.6) is 0 Å². The second-order valence-corrected chi connectivity index (χ2v) is 8.19. The minimum atomic E-state index is -0.172. The van der Waals surface area contributed by atoms with Gasteiger partial charge in [-0.1, -0.05) is 58.4 Å². The quantitative estimate of drug-likeness (QED) is 0.650. The molecule has 1 aromatic heterocycles. The van der Waals surface area contributed by atoms with E-state index in [1.165, 1.54) is 0 Å². The molecule has 5 rings (SSSR count). The van der Waals surface area contributed by atoms with Crippen molar-refractivity contribution in [3.05, 3.63) is 75.9 Å². The molecule has 2 unspecified atom stereocenters. The highest BCUT2D eigenvalue weighted by molar-refractivity contribution is 9.10. The Bertz CT molecular complexity index is 994. The van der Waals surface area contributed by atoms with E-state index in [0.29, 0.717) is 12.2 Å². The lowest BCUT2D eigenvalue weighted by atomic mass is 9.96. The third-order valence-electron chi connectivity index (χ3n) is 5.52. The van der Waals surface area contributed by atoms with Gasteiger partial charge < -0.3 is 9.64 Å². The Morgan fingerprint density at radius 2 is 1.93 bits per heavy atom. The second kappa shape index (κ2) is 7.18. The van der Waals surface area contributed by atoms with E-state index in [0.717, 1.165) is 46.3 Å². The number of hydrogen-bond donors (Lipinski definition) is 1. The van der Waals surface area contributed by atoms with Gasteiger partial charge in [0.15, 0.2) is 0 Å². The number of ether oxygens (including phenoxy) is 1. The van der Waals surface area contributed by atoms with Crippen LogP contribution in [-0.2, 0) is 4.74 Å². The van der Waals surface area contributed by atoms with Crippen LogP contribution in [-0.4, -0.2) is 40.3 Å². The zero-order valence-corrected chi connectivity index (χ0v) is 16.9. The molecule has 3 heterocycles. The molecule has 1 N–H and O–H groups in total. The van der Waals surface area contributed by atoms with Crippen molar-refractivity contribution < 1.29 is 9.53 Å². The molecule has 0 saturated carbocycles. The maximum absolute atomic E-state index is 13.3.